The summed E-state index contributed by atoms with van der Waals surface area (Å²) < 4.78 is 0. The molecule has 1 heterocycles. The van der Waals surface area contributed by atoms with Crippen LogP contribution in [0, 0.1) is 6.92 Å². The largest absolute Gasteiger partial charge is 0.238 e. The molecule has 48 valence electrons. The van der Waals surface area contributed by atoms with Gasteiger partial charge in [-0.1, -0.05) is 6.92 Å². The highest BCUT2D eigenvalue weighted by Gasteiger charge is 1.89. The minimum absolute atomic E-state index is 0.729. The predicted octanol–water partition coefficient (Wildman–Crippen LogP) is 0.742. The average Bonchev–Trinajstić information content (AvgIpc) is 1.90. The molecule has 0 fully saturated rings. The molecule has 0 aliphatic rings. The highest BCUT2D eigenvalue weighted by Crippen LogP contribution is 1.89. The van der Waals surface area contributed by atoms with Crippen LogP contribution in [0.3, 0.4) is 0 Å². The summed E-state index contributed by atoms with van der Waals surface area (Å²) in [5, 5.41) is 7.67. The number of rotatable bonds is 1. The van der Waals surface area contributed by atoms with Crippen LogP contribution in [0.1, 0.15) is 18.4 Å². The minimum atomic E-state index is 0.729. The van der Waals surface area contributed by atoms with E-state index >= 15 is 0 Å². The zero-order valence-corrected chi connectivity index (χ0v) is 5.63. The molecule has 0 N–H and O–H groups in total. The summed E-state index contributed by atoms with van der Waals surface area (Å²) in [6.45, 7) is 3.85. The summed E-state index contributed by atoms with van der Waals surface area (Å²) in [5.74, 6) is 0.729. The molecule has 9 heavy (non-hydrogen) atoms. The van der Waals surface area contributed by atoms with E-state index in [4.69, 9.17) is 0 Å². The maximum Gasteiger partial charge on any atom is 0.147 e. The van der Waals surface area contributed by atoms with Gasteiger partial charge in [-0.15, -0.1) is 5.10 Å². The van der Waals surface area contributed by atoms with Crippen molar-refractivity contribution in [3.63, 3.8) is 0 Å². The lowest BCUT2D eigenvalue weighted by Gasteiger charge is -1.91. The molecule has 0 saturated heterocycles. The second-order valence-electron chi connectivity index (χ2n) is 1.85. The highest BCUT2D eigenvalue weighted by molar-refractivity contribution is 4.92. The van der Waals surface area contributed by atoms with Gasteiger partial charge in [0.2, 0.25) is 0 Å². The predicted molar refractivity (Wildman–Crippen MR) is 33.9 cm³/mol. The Hall–Kier alpha value is -0.990. The smallest absolute Gasteiger partial charge is 0.147 e. The fourth-order valence-electron chi connectivity index (χ4n) is 0.518. The lowest BCUT2D eigenvalue weighted by molar-refractivity contribution is 0.840. The van der Waals surface area contributed by atoms with E-state index < -0.39 is 0 Å². The van der Waals surface area contributed by atoms with E-state index in [0.29, 0.717) is 0 Å². The maximum absolute atomic E-state index is 3.98. The number of nitrogens with zero attached hydrogens (tertiary/aromatic N) is 3. The Balaban J connectivity index is 2.88. The van der Waals surface area contributed by atoms with Crippen LogP contribution in [0.4, 0.5) is 0 Å². The van der Waals surface area contributed by atoms with Crippen molar-refractivity contribution in [2.24, 2.45) is 0 Å². The van der Waals surface area contributed by atoms with Crippen molar-refractivity contribution in [2.45, 2.75) is 20.3 Å². The Morgan fingerprint density at radius 2 is 2.22 bits per heavy atom. The fourth-order valence-corrected chi connectivity index (χ4v) is 0.518. The molecule has 0 bridgehead atoms. The first-order valence-electron chi connectivity index (χ1n) is 2.98. The van der Waals surface area contributed by atoms with Gasteiger partial charge in [0, 0.05) is 0 Å². The van der Waals surface area contributed by atoms with E-state index in [1.54, 1.807) is 6.20 Å². The van der Waals surface area contributed by atoms with Crippen molar-refractivity contribution in [3.8, 4) is 0 Å². The van der Waals surface area contributed by atoms with E-state index in [2.05, 4.69) is 15.2 Å². The maximum atomic E-state index is 3.98. The molecule has 0 spiro atoms. The SMILES string of the molecule is CCc1cnc(C)nn1. The molecular weight excluding hydrogens is 114 g/mol. The van der Waals surface area contributed by atoms with Crippen molar-refractivity contribution in [2.75, 3.05) is 0 Å². The molecule has 1 rings (SSSR count). The van der Waals surface area contributed by atoms with Crippen LogP contribution >= 0.6 is 0 Å². The molecule has 0 atom stereocenters. The number of hydrogen-bond donors (Lipinski definition) is 0. The van der Waals surface area contributed by atoms with Gasteiger partial charge in [-0.25, -0.2) is 4.98 Å². The van der Waals surface area contributed by atoms with Crippen molar-refractivity contribution < 1.29 is 0 Å². The second kappa shape index (κ2) is 2.53. The zero-order valence-electron chi connectivity index (χ0n) is 5.63. The molecule has 0 unspecified atom stereocenters. The summed E-state index contributed by atoms with van der Waals surface area (Å²) in [4.78, 5) is 3.98. The molecule has 0 saturated carbocycles. The first-order chi connectivity index (χ1) is 4.33. The van der Waals surface area contributed by atoms with Gasteiger partial charge in [0.1, 0.15) is 5.82 Å². The van der Waals surface area contributed by atoms with Crippen LogP contribution in [0.15, 0.2) is 6.20 Å². The monoisotopic (exact) mass is 123 g/mol. The van der Waals surface area contributed by atoms with Gasteiger partial charge in [0.15, 0.2) is 0 Å². The molecule has 0 aromatic carbocycles. The van der Waals surface area contributed by atoms with E-state index in [-0.39, 0.29) is 0 Å². The summed E-state index contributed by atoms with van der Waals surface area (Å²) in [6.07, 6.45) is 2.66. The quantitative estimate of drug-likeness (QED) is 0.553. The number of hydrogen-bond acceptors (Lipinski definition) is 3. The van der Waals surface area contributed by atoms with Crippen molar-refractivity contribution in [1.29, 1.82) is 0 Å². The van der Waals surface area contributed by atoms with Gasteiger partial charge < -0.3 is 0 Å². The van der Waals surface area contributed by atoms with E-state index in [1.165, 1.54) is 0 Å². The third kappa shape index (κ3) is 1.45. The van der Waals surface area contributed by atoms with Crippen LogP contribution in [0.2, 0.25) is 0 Å². The van der Waals surface area contributed by atoms with E-state index in [1.807, 2.05) is 13.8 Å². The van der Waals surface area contributed by atoms with Gasteiger partial charge in [0.05, 0.1) is 11.9 Å². The molecular formula is C6H9N3. The average molecular weight is 123 g/mol. The summed E-state index contributed by atoms with van der Waals surface area (Å²) in [7, 11) is 0. The molecule has 0 radical (unpaired) electrons. The molecule has 0 aliphatic heterocycles. The lowest BCUT2D eigenvalue weighted by atomic mass is 10.4. The van der Waals surface area contributed by atoms with Gasteiger partial charge in [-0.2, -0.15) is 5.10 Å². The van der Waals surface area contributed by atoms with Crippen molar-refractivity contribution in [1.82, 2.24) is 15.2 Å². The third-order valence-corrected chi connectivity index (χ3v) is 1.09. The zero-order chi connectivity index (χ0) is 6.69. The van der Waals surface area contributed by atoms with Gasteiger partial charge in [-0.3, -0.25) is 0 Å². The Kier molecular flexibility index (Phi) is 1.72. The normalized spacial score (nSPS) is 9.56. The van der Waals surface area contributed by atoms with Gasteiger partial charge in [-0.05, 0) is 13.3 Å². The molecule has 3 nitrogen and oxygen atoms in total. The fraction of sp³-hybridized carbons (Fsp3) is 0.500. The van der Waals surface area contributed by atoms with Crippen molar-refractivity contribution >= 4 is 0 Å². The second-order valence-corrected chi connectivity index (χ2v) is 1.85. The Labute approximate surface area is 54.2 Å². The first-order valence-corrected chi connectivity index (χ1v) is 2.98. The minimum Gasteiger partial charge on any atom is -0.238 e. The Morgan fingerprint density at radius 3 is 2.67 bits per heavy atom. The number of aryl methyl sites for hydroxylation is 2. The van der Waals surface area contributed by atoms with Crippen LogP contribution in [0.5, 0.6) is 0 Å². The topological polar surface area (TPSA) is 38.7 Å². The Morgan fingerprint density at radius 1 is 1.44 bits per heavy atom. The lowest BCUT2D eigenvalue weighted by Crippen LogP contribution is -1.94. The number of aromatic nitrogens is 3. The van der Waals surface area contributed by atoms with Crippen LogP contribution < -0.4 is 0 Å². The molecule has 1 aromatic heterocycles. The van der Waals surface area contributed by atoms with Crippen molar-refractivity contribution in [3.05, 3.63) is 17.7 Å². The van der Waals surface area contributed by atoms with E-state index in [9.17, 15) is 0 Å². The van der Waals surface area contributed by atoms with Gasteiger partial charge in [0.25, 0.3) is 0 Å². The van der Waals surface area contributed by atoms with Crippen LogP contribution in [0.25, 0.3) is 0 Å². The third-order valence-electron chi connectivity index (χ3n) is 1.09. The summed E-state index contributed by atoms with van der Waals surface area (Å²) in [5.41, 5.74) is 0.945. The van der Waals surface area contributed by atoms with Crippen LogP contribution in [-0.2, 0) is 6.42 Å². The molecule has 0 aliphatic carbocycles. The summed E-state index contributed by atoms with van der Waals surface area (Å²) in [6, 6.07) is 0. The standard InChI is InChI=1S/C6H9N3/c1-3-6-4-7-5(2)8-9-6/h4H,3H2,1-2H3. The Bertz CT molecular complexity index is 180. The van der Waals surface area contributed by atoms with Gasteiger partial charge >= 0.3 is 0 Å². The van der Waals surface area contributed by atoms with Crippen LogP contribution in [-0.4, -0.2) is 15.2 Å². The highest BCUT2D eigenvalue weighted by atomic mass is 15.1. The molecule has 0 amide bonds. The first kappa shape index (κ1) is 6.13. The molecule has 3 heteroatoms. The van der Waals surface area contributed by atoms with E-state index in [0.717, 1.165) is 17.9 Å². The molecule has 1 aromatic rings. The summed E-state index contributed by atoms with van der Waals surface area (Å²) >= 11 is 0.